The summed E-state index contributed by atoms with van der Waals surface area (Å²) in [4.78, 5) is 29.1. The lowest BCUT2D eigenvalue weighted by Gasteiger charge is -2.45. The summed E-state index contributed by atoms with van der Waals surface area (Å²) < 4.78 is 2.06. The lowest BCUT2D eigenvalue weighted by molar-refractivity contribution is -0.133. The Morgan fingerprint density at radius 2 is 1.97 bits per heavy atom. The number of nitrogens with zero attached hydrogens (tertiary/aromatic N) is 2. The van der Waals surface area contributed by atoms with E-state index in [2.05, 4.69) is 16.8 Å². The van der Waals surface area contributed by atoms with E-state index in [9.17, 15) is 9.59 Å². The van der Waals surface area contributed by atoms with Gasteiger partial charge in [0.15, 0.2) is 0 Å². The predicted octanol–water partition coefficient (Wildman–Crippen LogP) is 4.84. The molecule has 0 bridgehead atoms. The smallest absolute Gasteiger partial charge is 0.271 e. The van der Waals surface area contributed by atoms with E-state index in [-0.39, 0.29) is 17.9 Å². The van der Waals surface area contributed by atoms with Crippen molar-refractivity contribution in [1.29, 1.82) is 0 Å². The molecule has 5 nitrogen and oxygen atoms in total. The van der Waals surface area contributed by atoms with Gasteiger partial charge < -0.3 is 14.8 Å². The van der Waals surface area contributed by atoms with Gasteiger partial charge in [-0.15, -0.1) is 0 Å². The number of carbonyl (C=O) groups is 2. The Hall–Kier alpha value is -1.95. The summed E-state index contributed by atoms with van der Waals surface area (Å²) in [6.45, 7) is 5.26. The lowest BCUT2D eigenvalue weighted by Crippen LogP contribution is -2.65. The maximum absolute atomic E-state index is 13.6. The highest BCUT2D eigenvalue weighted by atomic mass is 32.2. The maximum Gasteiger partial charge on any atom is 0.271 e. The van der Waals surface area contributed by atoms with Crippen molar-refractivity contribution in [3.63, 3.8) is 0 Å². The molecule has 1 aliphatic heterocycles. The number of benzene rings is 1. The van der Waals surface area contributed by atoms with Crippen LogP contribution in [0.3, 0.4) is 0 Å². The van der Waals surface area contributed by atoms with Crippen molar-refractivity contribution in [2.24, 2.45) is 0 Å². The monoisotopic (exact) mass is 441 g/mol. The van der Waals surface area contributed by atoms with Crippen LogP contribution in [0.4, 0.5) is 0 Å². The van der Waals surface area contributed by atoms with Gasteiger partial charge in [0.2, 0.25) is 5.91 Å². The minimum absolute atomic E-state index is 0.00241. The number of para-hydroxylation sites is 1. The Morgan fingerprint density at radius 3 is 2.74 bits per heavy atom. The van der Waals surface area contributed by atoms with Crippen LogP contribution in [0, 0.1) is 0 Å². The van der Waals surface area contributed by atoms with Crippen molar-refractivity contribution >= 4 is 34.5 Å². The summed E-state index contributed by atoms with van der Waals surface area (Å²) in [6.07, 6.45) is 7.75. The number of fused-ring (bicyclic) bond motifs is 3. The number of thioether (sulfide) groups is 1. The molecule has 0 saturated heterocycles. The number of aromatic nitrogens is 1. The van der Waals surface area contributed by atoms with E-state index in [0.717, 1.165) is 48.1 Å². The molecule has 1 aromatic heterocycles. The molecular weight excluding hydrogens is 406 g/mol. The molecule has 1 fully saturated rings. The van der Waals surface area contributed by atoms with Gasteiger partial charge in [-0.25, -0.2) is 0 Å². The van der Waals surface area contributed by atoms with E-state index >= 15 is 0 Å². The van der Waals surface area contributed by atoms with E-state index in [1.54, 1.807) is 0 Å². The van der Waals surface area contributed by atoms with Crippen molar-refractivity contribution in [2.45, 2.75) is 76.9 Å². The standard InChI is InChI=1S/C25H35N3O2S/c1-3-15-31-16-9-14-28-23(29)22-17-19-10-7-8-13-21(19)27(22)18-25(28,2)24(30)26-20-11-5-4-6-12-20/h7-8,10,13,17,20H,3-6,9,11-12,14-16,18H2,1-2H3,(H,26,30)/t25-/m0/s1. The van der Waals surface area contributed by atoms with Gasteiger partial charge in [0.05, 0.1) is 6.54 Å². The highest BCUT2D eigenvalue weighted by molar-refractivity contribution is 7.99. The van der Waals surface area contributed by atoms with E-state index in [1.807, 2.05) is 53.9 Å². The largest absolute Gasteiger partial charge is 0.351 e. The first kappa shape index (κ1) is 22.3. The van der Waals surface area contributed by atoms with Crippen molar-refractivity contribution < 1.29 is 9.59 Å². The first-order valence-corrected chi connectivity index (χ1v) is 13.0. The summed E-state index contributed by atoms with van der Waals surface area (Å²) in [5.41, 5.74) is 0.852. The third-order valence-corrected chi connectivity index (χ3v) is 8.06. The fraction of sp³-hybridized carbons (Fsp3) is 0.600. The van der Waals surface area contributed by atoms with Gasteiger partial charge in [0, 0.05) is 23.5 Å². The lowest BCUT2D eigenvalue weighted by atomic mass is 9.91. The van der Waals surface area contributed by atoms with Crippen LogP contribution in [0.1, 0.15) is 69.3 Å². The van der Waals surface area contributed by atoms with Crippen LogP contribution in [0.15, 0.2) is 30.3 Å². The van der Waals surface area contributed by atoms with Gasteiger partial charge in [-0.3, -0.25) is 9.59 Å². The van der Waals surface area contributed by atoms with Crippen molar-refractivity contribution in [3.8, 4) is 0 Å². The molecule has 0 spiro atoms. The van der Waals surface area contributed by atoms with Crippen LogP contribution >= 0.6 is 11.8 Å². The quantitative estimate of drug-likeness (QED) is 0.597. The molecule has 2 aliphatic rings. The fourth-order valence-corrected chi connectivity index (χ4v) is 5.84. The molecule has 2 aromatic rings. The topological polar surface area (TPSA) is 54.3 Å². The van der Waals surface area contributed by atoms with Crippen LogP contribution in [0.2, 0.25) is 0 Å². The number of hydrogen-bond acceptors (Lipinski definition) is 3. The van der Waals surface area contributed by atoms with Gasteiger partial charge in [-0.1, -0.05) is 44.4 Å². The minimum atomic E-state index is -0.876. The van der Waals surface area contributed by atoms with E-state index in [1.165, 1.54) is 19.3 Å². The van der Waals surface area contributed by atoms with Crippen LogP contribution in [0.25, 0.3) is 10.9 Å². The molecule has 168 valence electrons. The van der Waals surface area contributed by atoms with E-state index < -0.39 is 5.54 Å². The molecule has 1 N–H and O–H groups in total. The molecule has 2 amide bonds. The molecule has 1 aliphatic carbocycles. The molecule has 1 atom stereocenters. The second-order valence-corrected chi connectivity index (χ2v) is 10.4. The average molecular weight is 442 g/mol. The number of rotatable bonds is 8. The van der Waals surface area contributed by atoms with E-state index in [0.29, 0.717) is 18.8 Å². The zero-order valence-electron chi connectivity index (χ0n) is 18.9. The first-order chi connectivity index (χ1) is 15.0. The minimum Gasteiger partial charge on any atom is -0.351 e. The summed E-state index contributed by atoms with van der Waals surface area (Å²) in [5.74, 6) is 2.13. The molecule has 0 radical (unpaired) electrons. The zero-order valence-corrected chi connectivity index (χ0v) is 19.7. The van der Waals surface area contributed by atoms with Crippen LogP contribution in [-0.2, 0) is 11.3 Å². The normalized spacial score (nSPS) is 22.0. The summed E-state index contributed by atoms with van der Waals surface area (Å²) in [5, 5.41) is 4.37. The van der Waals surface area contributed by atoms with Crippen LogP contribution < -0.4 is 5.32 Å². The third-order valence-electron chi connectivity index (χ3n) is 6.78. The van der Waals surface area contributed by atoms with E-state index in [4.69, 9.17) is 0 Å². The number of carbonyl (C=O) groups excluding carboxylic acids is 2. The van der Waals surface area contributed by atoms with Crippen molar-refractivity contribution in [2.75, 3.05) is 18.1 Å². The summed E-state index contributed by atoms with van der Waals surface area (Å²) in [7, 11) is 0. The third kappa shape index (κ3) is 4.50. The molecule has 31 heavy (non-hydrogen) atoms. The second-order valence-electron chi connectivity index (χ2n) is 9.18. The fourth-order valence-electron chi connectivity index (χ4n) is 5.02. The van der Waals surface area contributed by atoms with Gasteiger partial charge in [0.25, 0.3) is 5.91 Å². The molecule has 1 saturated carbocycles. The number of nitrogens with one attached hydrogen (secondary N) is 1. The number of amides is 2. The van der Waals surface area contributed by atoms with Crippen LogP contribution in [0.5, 0.6) is 0 Å². The van der Waals surface area contributed by atoms with Gasteiger partial charge >= 0.3 is 0 Å². The second kappa shape index (κ2) is 9.68. The molecule has 6 heteroatoms. The molecule has 0 unspecified atom stereocenters. The highest BCUT2D eigenvalue weighted by Gasteiger charge is 2.47. The predicted molar refractivity (Wildman–Crippen MR) is 129 cm³/mol. The highest BCUT2D eigenvalue weighted by Crippen LogP contribution is 2.33. The maximum atomic E-state index is 13.6. The molecule has 4 rings (SSSR count). The first-order valence-electron chi connectivity index (χ1n) is 11.8. The molecule has 2 heterocycles. The Morgan fingerprint density at radius 1 is 1.19 bits per heavy atom. The van der Waals surface area contributed by atoms with Crippen molar-refractivity contribution in [3.05, 3.63) is 36.0 Å². The van der Waals surface area contributed by atoms with Crippen LogP contribution in [-0.4, -0.2) is 50.9 Å². The zero-order chi connectivity index (χ0) is 21.8. The SMILES string of the molecule is CCCSCCCN1C(=O)c2cc3ccccc3n2C[C@@]1(C)C(=O)NC1CCCCC1. The number of hydrogen-bond donors (Lipinski definition) is 1. The Bertz CT molecular complexity index is 934. The van der Waals surface area contributed by atoms with Gasteiger partial charge in [0.1, 0.15) is 11.2 Å². The van der Waals surface area contributed by atoms with Gasteiger partial charge in [-0.2, -0.15) is 11.8 Å². The summed E-state index contributed by atoms with van der Waals surface area (Å²) in [6, 6.07) is 10.3. The Balaban J connectivity index is 1.61. The molecule has 1 aromatic carbocycles. The van der Waals surface area contributed by atoms with Crippen molar-refractivity contribution in [1.82, 2.24) is 14.8 Å². The Labute approximate surface area is 189 Å². The Kier molecular flexibility index (Phi) is 6.95. The summed E-state index contributed by atoms with van der Waals surface area (Å²) >= 11 is 1.93. The molecular formula is C25H35N3O2S. The van der Waals surface area contributed by atoms with Gasteiger partial charge in [-0.05, 0) is 56.2 Å². The average Bonchev–Trinajstić information content (AvgIpc) is 3.15.